The Hall–Kier alpha value is -2.50. The summed E-state index contributed by atoms with van der Waals surface area (Å²) in [6.45, 7) is 10.5. The summed E-state index contributed by atoms with van der Waals surface area (Å²) in [4.78, 5) is 30.2. The number of benzene rings is 1. The number of aliphatic imine (C=N–C) groups is 1. The Morgan fingerprint density at radius 3 is 2.06 bits per heavy atom. The van der Waals surface area contributed by atoms with Crippen LogP contribution in [0.15, 0.2) is 34.2 Å². The van der Waals surface area contributed by atoms with Crippen LogP contribution in [-0.2, 0) is 28.6 Å². The van der Waals surface area contributed by atoms with E-state index in [1.54, 1.807) is 35.9 Å². The Bertz CT molecular complexity index is 887. The second-order valence-electron chi connectivity index (χ2n) is 7.54. The molecule has 0 fully saturated rings. The van der Waals surface area contributed by atoms with E-state index in [-0.39, 0.29) is 23.3 Å². The summed E-state index contributed by atoms with van der Waals surface area (Å²) in [5.41, 5.74) is 1.02. The molecule has 35 heavy (non-hydrogen) atoms. The second-order valence-corrected chi connectivity index (χ2v) is 9.25. The number of nitrogens with zero attached hydrogens (tertiary/aromatic N) is 3. The van der Waals surface area contributed by atoms with Crippen LogP contribution in [0.4, 0.5) is 0 Å². The lowest BCUT2D eigenvalue weighted by Crippen LogP contribution is -2.40. The predicted molar refractivity (Wildman–Crippen MR) is 136 cm³/mol. The number of aliphatic hydroxyl groups excluding tert-OH is 1. The third-order valence-electron chi connectivity index (χ3n) is 4.94. The van der Waals surface area contributed by atoms with Gasteiger partial charge in [-0.1, -0.05) is 38.5 Å². The number of likely N-dealkylation sites (N-methyl/N-ethyl adjacent to an activating group) is 1. The molecular formula is C24H41N3O7S. The van der Waals surface area contributed by atoms with Crippen molar-refractivity contribution in [3.63, 3.8) is 0 Å². The standard InChI is InChI=1S/C11H22N2O3.C8H10O3S.C5H9NO/c1-4-10(15)12(3)6-7-13(8-9-14)11(16)5-2;1-7-3-5-8(6-4-7)12(9,10)11-2;1-2-5-6-3-4-7-5/h14H,4-9H2,1-3H3;3-6H,1-2H3;2-4H2,1H3. The minimum Gasteiger partial charge on any atom is -0.479 e. The van der Waals surface area contributed by atoms with Crippen LogP contribution in [0.5, 0.6) is 0 Å². The number of amides is 2. The van der Waals surface area contributed by atoms with Gasteiger partial charge in [0.2, 0.25) is 11.8 Å². The van der Waals surface area contributed by atoms with Gasteiger partial charge in [0.1, 0.15) is 6.61 Å². The third kappa shape index (κ3) is 13.2. The first kappa shape index (κ1) is 32.5. The second kappa shape index (κ2) is 17.9. The number of hydrogen-bond donors (Lipinski definition) is 1. The molecule has 1 aromatic carbocycles. The maximum atomic E-state index is 11.5. The fourth-order valence-electron chi connectivity index (χ4n) is 2.77. The molecule has 1 N–H and O–H groups in total. The molecule has 0 atom stereocenters. The Balaban J connectivity index is 0.000000531. The number of carbonyl (C=O) groups is 2. The van der Waals surface area contributed by atoms with E-state index >= 15 is 0 Å². The molecule has 0 unspecified atom stereocenters. The van der Waals surface area contributed by atoms with Crippen molar-refractivity contribution in [2.75, 3.05) is 53.6 Å². The van der Waals surface area contributed by atoms with Crippen molar-refractivity contribution in [1.29, 1.82) is 0 Å². The minimum atomic E-state index is -3.51. The van der Waals surface area contributed by atoms with Crippen LogP contribution >= 0.6 is 0 Å². The van der Waals surface area contributed by atoms with E-state index in [0.29, 0.717) is 32.5 Å². The smallest absolute Gasteiger partial charge is 0.296 e. The summed E-state index contributed by atoms with van der Waals surface area (Å²) >= 11 is 0. The van der Waals surface area contributed by atoms with Crippen LogP contribution in [0.1, 0.15) is 45.6 Å². The zero-order valence-corrected chi connectivity index (χ0v) is 22.6. The summed E-state index contributed by atoms with van der Waals surface area (Å²) in [7, 11) is -0.645. The largest absolute Gasteiger partial charge is 0.479 e. The number of hydrogen-bond acceptors (Lipinski definition) is 8. The van der Waals surface area contributed by atoms with Crippen molar-refractivity contribution in [2.45, 2.75) is 51.9 Å². The first-order valence-electron chi connectivity index (χ1n) is 11.7. The molecule has 200 valence electrons. The molecule has 1 heterocycles. The highest BCUT2D eigenvalue weighted by atomic mass is 32.2. The van der Waals surface area contributed by atoms with Gasteiger partial charge in [-0.2, -0.15) is 8.42 Å². The first-order valence-corrected chi connectivity index (χ1v) is 13.1. The minimum absolute atomic E-state index is 0.00592. The maximum Gasteiger partial charge on any atom is 0.296 e. The Labute approximate surface area is 210 Å². The van der Waals surface area contributed by atoms with Gasteiger partial charge in [-0.05, 0) is 19.1 Å². The Morgan fingerprint density at radius 2 is 1.66 bits per heavy atom. The predicted octanol–water partition coefficient (Wildman–Crippen LogP) is 2.24. The highest BCUT2D eigenvalue weighted by Gasteiger charge is 2.13. The van der Waals surface area contributed by atoms with Gasteiger partial charge in [-0.25, -0.2) is 0 Å². The fourth-order valence-corrected chi connectivity index (χ4v) is 3.43. The number of rotatable bonds is 10. The first-order chi connectivity index (χ1) is 16.6. The molecule has 0 aliphatic carbocycles. The number of aryl methyl sites for hydroxylation is 1. The third-order valence-corrected chi connectivity index (χ3v) is 6.23. The highest BCUT2D eigenvalue weighted by molar-refractivity contribution is 7.86. The van der Waals surface area contributed by atoms with Crippen molar-refractivity contribution in [3.05, 3.63) is 29.8 Å². The zero-order chi connectivity index (χ0) is 26.9. The lowest BCUT2D eigenvalue weighted by Gasteiger charge is -2.24. The molecule has 0 saturated carbocycles. The van der Waals surface area contributed by atoms with E-state index in [0.717, 1.165) is 38.1 Å². The molecule has 2 rings (SSSR count). The van der Waals surface area contributed by atoms with Crippen LogP contribution in [0.3, 0.4) is 0 Å². The van der Waals surface area contributed by atoms with Crippen molar-refractivity contribution >= 4 is 27.8 Å². The summed E-state index contributed by atoms with van der Waals surface area (Å²) < 4.78 is 31.6. The Kier molecular flexibility index (Phi) is 16.6. The summed E-state index contributed by atoms with van der Waals surface area (Å²) in [5, 5.41) is 8.83. The van der Waals surface area contributed by atoms with Gasteiger partial charge in [0, 0.05) is 45.9 Å². The van der Waals surface area contributed by atoms with E-state index < -0.39 is 10.1 Å². The van der Waals surface area contributed by atoms with Gasteiger partial charge in [-0.15, -0.1) is 0 Å². The molecule has 0 aromatic heterocycles. The molecule has 10 nitrogen and oxygen atoms in total. The highest BCUT2D eigenvalue weighted by Crippen LogP contribution is 2.11. The monoisotopic (exact) mass is 515 g/mol. The molecule has 1 aliphatic heterocycles. The zero-order valence-electron chi connectivity index (χ0n) is 21.8. The van der Waals surface area contributed by atoms with Crippen molar-refractivity contribution in [2.24, 2.45) is 4.99 Å². The maximum absolute atomic E-state index is 11.5. The number of carbonyl (C=O) groups excluding carboxylic acids is 2. The van der Waals surface area contributed by atoms with Gasteiger partial charge in [0.05, 0.1) is 25.2 Å². The molecule has 1 aromatic rings. The number of aliphatic hydroxyl groups is 1. The van der Waals surface area contributed by atoms with Gasteiger partial charge in [0.25, 0.3) is 10.1 Å². The van der Waals surface area contributed by atoms with E-state index in [1.807, 2.05) is 20.8 Å². The van der Waals surface area contributed by atoms with Crippen LogP contribution in [0, 0.1) is 6.92 Å². The van der Waals surface area contributed by atoms with Gasteiger partial charge in [-0.3, -0.25) is 18.8 Å². The summed E-state index contributed by atoms with van der Waals surface area (Å²) in [5.74, 6) is 0.985. The summed E-state index contributed by atoms with van der Waals surface area (Å²) in [6, 6.07) is 6.50. The lowest BCUT2D eigenvalue weighted by molar-refractivity contribution is -0.134. The molecule has 2 amide bonds. The average Bonchev–Trinajstić information content (AvgIpc) is 3.40. The van der Waals surface area contributed by atoms with E-state index in [2.05, 4.69) is 9.18 Å². The molecule has 0 spiro atoms. The molecule has 1 aliphatic rings. The molecule has 0 saturated heterocycles. The van der Waals surface area contributed by atoms with Crippen molar-refractivity contribution in [1.82, 2.24) is 9.80 Å². The van der Waals surface area contributed by atoms with Gasteiger partial charge < -0.3 is 19.6 Å². The van der Waals surface area contributed by atoms with Gasteiger partial charge in [0.15, 0.2) is 5.90 Å². The van der Waals surface area contributed by atoms with Crippen LogP contribution in [0.25, 0.3) is 0 Å². The van der Waals surface area contributed by atoms with Crippen molar-refractivity contribution in [3.8, 4) is 0 Å². The van der Waals surface area contributed by atoms with E-state index in [9.17, 15) is 18.0 Å². The number of ether oxygens (including phenoxy) is 1. The van der Waals surface area contributed by atoms with Crippen LogP contribution in [0.2, 0.25) is 0 Å². The molecular weight excluding hydrogens is 474 g/mol. The molecule has 11 heteroatoms. The normalized spacial score (nSPS) is 12.3. The van der Waals surface area contributed by atoms with Crippen LogP contribution < -0.4 is 0 Å². The van der Waals surface area contributed by atoms with E-state index in [1.165, 1.54) is 12.1 Å². The fraction of sp³-hybridized carbons (Fsp3) is 0.625. The topological polar surface area (TPSA) is 126 Å². The van der Waals surface area contributed by atoms with Gasteiger partial charge >= 0.3 is 0 Å². The summed E-state index contributed by atoms with van der Waals surface area (Å²) in [6.07, 6.45) is 1.84. The quantitative estimate of drug-likeness (QED) is 0.474. The van der Waals surface area contributed by atoms with Crippen molar-refractivity contribution < 1.29 is 32.0 Å². The SMILES string of the molecule is CCC(=O)N(C)CCN(CCO)C(=O)CC.CCC1=NCCO1.COS(=O)(=O)c1ccc(C)cc1. The van der Waals surface area contributed by atoms with Crippen LogP contribution in [-0.4, -0.2) is 94.6 Å². The Morgan fingerprint density at radius 1 is 1.06 bits per heavy atom. The molecule has 0 bridgehead atoms. The van der Waals surface area contributed by atoms with E-state index in [4.69, 9.17) is 9.84 Å². The molecule has 0 radical (unpaired) electrons. The lowest BCUT2D eigenvalue weighted by atomic mass is 10.2. The average molecular weight is 516 g/mol.